The van der Waals surface area contributed by atoms with E-state index >= 15 is 0 Å². The van der Waals surface area contributed by atoms with E-state index in [2.05, 4.69) is 182 Å². The van der Waals surface area contributed by atoms with E-state index in [0.717, 1.165) is 0 Å². The van der Waals surface area contributed by atoms with Crippen LogP contribution < -0.4 is 0 Å². The van der Waals surface area contributed by atoms with E-state index in [4.69, 9.17) is 0 Å². The second-order valence-corrected chi connectivity index (χ2v) is 14.7. The smallest absolute Gasteiger partial charge is 0.0653 e. The SMILES string of the molecule is C1=CC2(C3=Cc4ccccc4C3=C1)C1=Cc3ccccc3C1=CC=C2c1c(-c2ccccc2)cc2sc3ccccc3c2c1-c1ccccc1. The van der Waals surface area contributed by atoms with Crippen LogP contribution >= 0.6 is 11.3 Å². The molecule has 1 heteroatoms. The highest BCUT2D eigenvalue weighted by Crippen LogP contribution is 2.65. The molecule has 0 fully saturated rings. The number of fused-ring (bicyclic) bond motifs is 11. The van der Waals surface area contributed by atoms with Gasteiger partial charge in [0.15, 0.2) is 0 Å². The maximum absolute atomic E-state index is 2.49. The van der Waals surface area contributed by atoms with Crippen LogP contribution in [0.4, 0.5) is 0 Å². The molecule has 50 heavy (non-hydrogen) atoms. The standard InChI is InChI=1S/C49H30S/c1-3-14-31(15-4-1)40-30-45-48(39-22-11-12-24-44(39)50-45)46(32-16-5-2-6-17-32)47(40)41-26-25-38-36-21-10-8-19-34(36)29-43(38)49(41)27-13-23-37-35-20-9-7-18-33(35)28-42(37)49/h1-30H. The van der Waals surface area contributed by atoms with Crippen LogP contribution in [0, 0.1) is 5.41 Å². The lowest BCUT2D eigenvalue weighted by atomic mass is 9.58. The Kier molecular flexibility index (Phi) is 5.85. The molecule has 11 rings (SSSR count). The van der Waals surface area contributed by atoms with Crippen molar-refractivity contribution in [2.24, 2.45) is 5.41 Å². The highest BCUT2D eigenvalue weighted by atomic mass is 32.1. The third-order valence-electron chi connectivity index (χ3n) is 11.1. The van der Waals surface area contributed by atoms with E-state index < -0.39 is 5.41 Å². The first kappa shape index (κ1) is 27.9. The largest absolute Gasteiger partial charge is 0.135 e. The van der Waals surface area contributed by atoms with E-state index in [9.17, 15) is 0 Å². The van der Waals surface area contributed by atoms with Gasteiger partial charge in [0.1, 0.15) is 0 Å². The summed E-state index contributed by atoms with van der Waals surface area (Å²) >= 11 is 1.90. The minimum atomic E-state index is -0.515. The van der Waals surface area contributed by atoms with Crippen molar-refractivity contribution in [3.63, 3.8) is 0 Å². The van der Waals surface area contributed by atoms with Crippen LogP contribution in [0.1, 0.15) is 27.8 Å². The molecule has 6 aromatic carbocycles. The maximum Gasteiger partial charge on any atom is 0.0653 e. The highest BCUT2D eigenvalue weighted by Gasteiger charge is 2.49. The summed E-state index contributed by atoms with van der Waals surface area (Å²) < 4.78 is 2.63. The maximum atomic E-state index is 2.49. The number of hydrogen-bond donors (Lipinski definition) is 0. The molecule has 0 radical (unpaired) electrons. The third kappa shape index (κ3) is 3.76. The Balaban J connectivity index is 1.32. The first-order valence-corrected chi connectivity index (χ1v) is 18.2. The average Bonchev–Trinajstić information content (AvgIpc) is 3.87. The van der Waals surface area contributed by atoms with Gasteiger partial charge < -0.3 is 0 Å². The van der Waals surface area contributed by atoms with Crippen LogP contribution in [0.3, 0.4) is 0 Å². The minimum absolute atomic E-state index is 0.515. The quantitative estimate of drug-likeness (QED) is 0.179. The van der Waals surface area contributed by atoms with Crippen LogP contribution in [0.15, 0.2) is 181 Å². The molecule has 4 aliphatic rings. The molecule has 1 unspecified atom stereocenters. The van der Waals surface area contributed by atoms with Crippen molar-refractivity contribution in [1.29, 1.82) is 0 Å². The molecule has 1 atom stereocenters. The Morgan fingerprint density at radius 3 is 1.76 bits per heavy atom. The normalized spacial score (nSPS) is 18.2. The Hall–Kier alpha value is -6.02. The van der Waals surface area contributed by atoms with Gasteiger partial charge in [0.25, 0.3) is 0 Å². The average molecular weight is 651 g/mol. The van der Waals surface area contributed by atoms with Crippen LogP contribution in [-0.4, -0.2) is 0 Å². The van der Waals surface area contributed by atoms with E-state index in [0.29, 0.717) is 0 Å². The van der Waals surface area contributed by atoms with Crippen LogP contribution in [0.2, 0.25) is 0 Å². The van der Waals surface area contributed by atoms with Gasteiger partial charge in [0.05, 0.1) is 5.41 Å². The van der Waals surface area contributed by atoms with Gasteiger partial charge in [-0.05, 0) is 102 Å². The zero-order valence-electron chi connectivity index (χ0n) is 27.2. The zero-order valence-corrected chi connectivity index (χ0v) is 28.0. The Bertz CT molecular complexity index is 2750. The lowest BCUT2D eigenvalue weighted by molar-refractivity contribution is 0.779. The van der Waals surface area contributed by atoms with Gasteiger partial charge in [-0.1, -0.05) is 158 Å². The molecule has 1 heterocycles. The molecule has 4 aliphatic carbocycles. The number of rotatable bonds is 3. The lowest BCUT2D eigenvalue weighted by Crippen LogP contribution is -2.29. The summed E-state index contributed by atoms with van der Waals surface area (Å²) in [4.78, 5) is 0. The summed E-state index contributed by atoms with van der Waals surface area (Å²) in [5.74, 6) is 0. The first-order chi connectivity index (χ1) is 24.8. The van der Waals surface area contributed by atoms with Crippen LogP contribution in [0.5, 0.6) is 0 Å². The van der Waals surface area contributed by atoms with Gasteiger partial charge >= 0.3 is 0 Å². The van der Waals surface area contributed by atoms with Crippen molar-refractivity contribution >= 4 is 60.4 Å². The summed E-state index contributed by atoms with van der Waals surface area (Å²) in [5, 5.41) is 2.65. The molecule has 1 spiro atoms. The molecule has 1 aromatic heterocycles. The second kappa shape index (κ2) is 10.5. The molecule has 7 aromatic rings. The second-order valence-electron chi connectivity index (χ2n) is 13.6. The molecule has 0 nitrogen and oxygen atoms in total. The van der Waals surface area contributed by atoms with Gasteiger partial charge in [0.2, 0.25) is 0 Å². The van der Waals surface area contributed by atoms with E-state index in [1.807, 2.05) is 11.3 Å². The number of allylic oxidation sites excluding steroid dienone is 10. The summed E-state index contributed by atoms with van der Waals surface area (Å²) in [6.45, 7) is 0. The monoisotopic (exact) mass is 650 g/mol. The van der Waals surface area contributed by atoms with Gasteiger partial charge in [0, 0.05) is 20.2 Å². The fourth-order valence-electron chi connectivity index (χ4n) is 8.98. The number of benzene rings is 6. The van der Waals surface area contributed by atoms with Gasteiger partial charge in [-0.15, -0.1) is 11.3 Å². The van der Waals surface area contributed by atoms with Gasteiger partial charge in [-0.2, -0.15) is 0 Å². The van der Waals surface area contributed by atoms with Crippen molar-refractivity contribution in [3.05, 3.63) is 209 Å². The van der Waals surface area contributed by atoms with Crippen LogP contribution in [0.25, 0.3) is 71.3 Å². The molecule has 0 N–H and O–H groups in total. The lowest BCUT2D eigenvalue weighted by Gasteiger charge is -2.43. The molecule has 0 bridgehead atoms. The van der Waals surface area contributed by atoms with Crippen molar-refractivity contribution in [3.8, 4) is 22.3 Å². The fourth-order valence-corrected chi connectivity index (χ4v) is 10.1. The number of hydrogen-bond acceptors (Lipinski definition) is 1. The van der Waals surface area contributed by atoms with Crippen molar-refractivity contribution < 1.29 is 0 Å². The predicted octanol–water partition coefficient (Wildman–Crippen LogP) is 13.3. The molecular formula is C49H30S. The summed E-state index contributed by atoms with van der Waals surface area (Å²) in [7, 11) is 0. The summed E-state index contributed by atoms with van der Waals surface area (Å²) in [6, 6.07) is 51.3. The van der Waals surface area contributed by atoms with E-state index in [1.165, 1.54) is 98.1 Å². The molecular weight excluding hydrogens is 621 g/mol. The Labute approximate surface area is 295 Å². The van der Waals surface area contributed by atoms with E-state index in [-0.39, 0.29) is 0 Å². The van der Waals surface area contributed by atoms with E-state index in [1.54, 1.807) is 0 Å². The predicted molar refractivity (Wildman–Crippen MR) is 215 cm³/mol. The zero-order chi connectivity index (χ0) is 32.8. The third-order valence-corrected chi connectivity index (χ3v) is 12.2. The molecule has 0 aliphatic heterocycles. The van der Waals surface area contributed by atoms with Crippen LogP contribution in [-0.2, 0) is 0 Å². The summed E-state index contributed by atoms with van der Waals surface area (Å²) in [5.41, 5.74) is 17.7. The van der Waals surface area contributed by atoms with Crippen molar-refractivity contribution in [1.82, 2.24) is 0 Å². The Morgan fingerprint density at radius 2 is 1.04 bits per heavy atom. The fraction of sp³-hybridized carbons (Fsp3) is 0.0204. The van der Waals surface area contributed by atoms with Gasteiger partial charge in [-0.3, -0.25) is 0 Å². The highest BCUT2D eigenvalue weighted by molar-refractivity contribution is 7.26. The molecule has 0 amide bonds. The van der Waals surface area contributed by atoms with Gasteiger partial charge in [-0.25, -0.2) is 0 Å². The first-order valence-electron chi connectivity index (χ1n) is 17.3. The molecule has 232 valence electrons. The molecule has 0 saturated carbocycles. The van der Waals surface area contributed by atoms with Crippen molar-refractivity contribution in [2.75, 3.05) is 0 Å². The van der Waals surface area contributed by atoms with Crippen molar-refractivity contribution in [2.45, 2.75) is 0 Å². The number of thiophene rings is 1. The topological polar surface area (TPSA) is 0 Å². The molecule has 0 saturated heterocycles. The summed E-state index contributed by atoms with van der Waals surface area (Å²) in [6.07, 6.45) is 16.9. The minimum Gasteiger partial charge on any atom is -0.135 e. The Morgan fingerprint density at radius 1 is 0.440 bits per heavy atom.